The van der Waals surface area contributed by atoms with Crippen molar-refractivity contribution < 1.29 is 4.79 Å². The monoisotopic (exact) mass is 332 g/mol. The molecule has 1 amide bonds. The second-order valence-electron chi connectivity index (χ2n) is 6.28. The number of nitrogens with zero attached hydrogens (tertiary/aromatic N) is 3. The van der Waals surface area contributed by atoms with Gasteiger partial charge in [0.25, 0.3) is 0 Å². The summed E-state index contributed by atoms with van der Waals surface area (Å²) in [7, 11) is 1.97. The molecule has 0 atom stereocenters. The number of amides is 1. The summed E-state index contributed by atoms with van der Waals surface area (Å²) in [5.74, 6) is 0.833. The molecular formula is C20H20N4O. The van der Waals surface area contributed by atoms with Gasteiger partial charge in [0, 0.05) is 18.3 Å². The highest BCUT2D eigenvalue weighted by Gasteiger charge is 2.11. The molecule has 2 aromatic heterocycles. The van der Waals surface area contributed by atoms with Crippen LogP contribution in [-0.4, -0.2) is 20.0 Å². The number of hydrogen-bond acceptors (Lipinski definition) is 2. The number of imidazole rings is 1. The van der Waals surface area contributed by atoms with Crippen molar-refractivity contribution in [3.05, 3.63) is 66.1 Å². The van der Waals surface area contributed by atoms with Crippen LogP contribution in [-0.2, 0) is 24.9 Å². The Labute approximate surface area is 145 Å². The van der Waals surface area contributed by atoms with Gasteiger partial charge in [-0.15, -0.1) is 0 Å². The van der Waals surface area contributed by atoms with Crippen LogP contribution in [0.25, 0.3) is 21.9 Å². The Morgan fingerprint density at radius 3 is 2.60 bits per heavy atom. The summed E-state index contributed by atoms with van der Waals surface area (Å²) in [6.07, 6.45) is 0. The van der Waals surface area contributed by atoms with Crippen molar-refractivity contribution in [2.24, 2.45) is 7.05 Å². The molecule has 0 aliphatic rings. The highest BCUT2D eigenvalue weighted by Crippen LogP contribution is 2.19. The molecular weight excluding hydrogens is 312 g/mol. The smallest absolute Gasteiger partial charge is 0.240 e. The van der Waals surface area contributed by atoms with E-state index in [-0.39, 0.29) is 5.91 Å². The molecule has 5 nitrogen and oxygen atoms in total. The molecule has 5 heteroatoms. The van der Waals surface area contributed by atoms with E-state index in [2.05, 4.69) is 22.4 Å². The third kappa shape index (κ3) is 2.78. The zero-order valence-corrected chi connectivity index (χ0v) is 14.4. The molecule has 1 N–H and O–H groups in total. The number of nitrogens with one attached hydrogen (secondary N) is 1. The van der Waals surface area contributed by atoms with Gasteiger partial charge >= 0.3 is 0 Å². The van der Waals surface area contributed by atoms with E-state index in [0.29, 0.717) is 13.1 Å². The summed E-state index contributed by atoms with van der Waals surface area (Å²) in [6, 6.07) is 18.2. The minimum absolute atomic E-state index is 0.0171. The lowest BCUT2D eigenvalue weighted by molar-refractivity contribution is -0.121. The zero-order chi connectivity index (χ0) is 17.4. The predicted molar refractivity (Wildman–Crippen MR) is 99.2 cm³/mol. The quantitative estimate of drug-likeness (QED) is 0.624. The van der Waals surface area contributed by atoms with E-state index in [1.807, 2.05) is 65.6 Å². The lowest BCUT2D eigenvalue weighted by Crippen LogP contribution is -2.28. The lowest BCUT2D eigenvalue weighted by atomic mass is 10.2. The van der Waals surface area contributed by atoms with Crippen molar-refractivity contribution in [3.8, 4) is 0 Å². The van der Waals surface area contributed by atoms with Gasteiger partial charge in [0.1, 0.15) is 12.4 Å². The van der Waals surface area contributed by atoms with E-state index in [4.69, 9.17) is 0 Å². The van der Waals surface area contributed by atoms with Gasteiger partial charge < -0.3 is 14.5 Å². The second kappa shape index (κ2) is 6.09. The predicted octanol–water partition coefficient (Wildman–Crippen LogP) is 3.15. The van der Waals surface area contributed by atoms with E-state index in [9.17, 15) is 4.79 Å². The first-order valence-electron chi connectivity index (χ1n) is 8.35. The van der Waals surface area contributed by atoms with Gasteiger partial charge in [-0.2, -0.15) is 0 Å². The van der Waals surface area contributed by atoms with Crippen LogP contribution < -0.4 is 5.32 Å². The molecule has 25 heavy (non-hydrogen) atoms. The molecule has 0 saturated carbocycles. The third-order valence-electron chi connectivity index (χ3n) is 4.64. The highest BCUT2D eigenvalue weighted by molar-refractivity contribution is 5.84. The van der Waals surface area contributed by atoms with E-state index in [1.54, 1.807) is 0 Å². The number of carbonyl (C=O) groups is 1. The molecule has 0 radical (unpaired) electrons. The summed E-state index contributed by atoms with van der Waals surface area (Å²) in [6.45, 7) is 2.75. The maximum absolute atomic E-state index is 12.4. The number of hydrogen-bond donors (Lipinski definition) is 1. The Hall–Kier alpha value is -3.08. The maximum atomic E-state index is 12.4. The van der Waals surface area contributed by atoms with Gasteiger partial charge in [-0.3, -0.25) is 4.79 Å². The summed E-state index contributed by atoms with van der Waals surface area (Å²) in [5, 5.41) is 4.14. The summed E-state index contributed by atoms with van der Waals surface area (Å²) < 4.78 is 4.06. The number of aryl methyl sites for hydroxylation is 2. The molecule has 0 unspecified atom stereocenters. The minimum atomic E-state index is -0.0171. The molecule has 126 valence electrons. The van der Waals surface area contributed by atoms with E-state index in [0.717, 1.165) is 33.5 Å². The fraction of sp³-hybridized carbons (Fsp3) is 0.200. The lowest BCUT2D eigenvalue weighted by Gasteiger charge is -2.09. The van der Waals surface area contributed by atoms with Crippen LogP contribution in [0.3, 0.4) is 0 Å². The first kappa shape index (κ1) is 15.4. The number of rotatable bonds is 4. The molecule has 4 rings (SSSR count). The number of para-hydroxylation sites is 3. The Kier molecular flexibility index (Phi) is 3.76. The topological polar surface area (TPSA) is 51.9 Å². The molecule has 2 aromatic carbocycles. The van der Waals surface area contributed by atoms with Crippen molar-refractivity contribution in [1.82, 2.24) is 19.4 Å². The van der Waals surface area contributed by atoms with Crippen LogP contribution in [0.1, 0.15) is 11.5 Å². The van der Waals surface area contributed by atoms with Crippen molar-refractivity contribution in [3.63, 3.8) is 0 Å². The van der Waals surface area contributed by atoms with Gasteiger partial charge in [0.15, 0.2) is 0 Å². The summed E-state index contributed by atoms with van der Waals surface area (Å²) in [5.41, 5.74) is 4.18. The summed E-state index contributed by atoms with van der Waals surface area (Å²) >= 11 is 0. The number of benzene rings is 2. The van der Waals surface area contributed by atoms with E-state index < -0.39 is 0 Å². The standard InChI is InChI=1S/C20H20N4O/c1-14-11-15-7-3-5-9-17(15)24(14)13-20(25)21-12-19-22-16-8-4-6-10-18(16)23(19)2/h3-11H,12-13H2,1-2H3,(H,21,25). The number of carbonyl (C=O) groups excluding carboxylic acids is 1. The van der Waals surface area contributed by atoms with E-state index >= 15 is 0 Å². The average molecular weight is 332 g/mol. The largest absolute Gasteiger partial charge is 0.347 e. The number of aromatic nitrogens is 3. The highest BCUT2D eigenvalue weighted by atomic mass is 16.1. The average Bonchev–Trinajstić information content (AvgIpc) is 3.11. The fourth-order valence-electron chi connectivity index (χ4n) is 3.29. The van der Waals surface area contributed by atoms with Gasteiger partial charge in [-0.05, 0) is 36.6 Å². The SMILES string of the molecule is Cc1cc2ccccc2n1CC(=O)NCc1nc2ccccc2n1C. The zero-order valence-electron chi connectivity index (χ0n) is 14.4. The van der Waals surface area contributed by atoms with Gasteiger partial charge in [0.05, 0.1) is 17.6 Å². The first-order valence-corrected chi connectivity index (χ1v) is 8.35. The molecule has 0 aliphatic carbocycles. The molecule has 0 saturated heterocycles. The second-order valence-corrected chi connectivity index (χ2v) is 6.28. The Bertz CT molecular complexity index is 1070. The summed E-state index contributed by atoms with van der Waals surface area (Å²) in [4.78, 5) is 17.0. The maximum Gasteiger partial charge on any atom is 0.240 e. The molecule has 0 spiro atoms. The van der Waals surface area contributed by atoms with Gasteiger partial charge in [-0.25, -0.2) is 4.98 Å². The molecule has 0 aliphatic heterocycles. The van der Waals surface area contributed by atoms with Crippen molar-refractivity contribution in [2.45, 2.75) is 20.0 Å². The Morgan fingerprint density at radius 1 is 1.08 bits per heavy atom. The van der Waals surface area contributed by atoms with Crippen molar-refractivity contribution in [2.75, 3.05) is 0 Å². The van der Waals surface area contributed by atoms with Crippen LogP contribution in [0.15, 0.2) is 54.6 Å². The number of fused-ring (bicyclic) bond motifs is 2. The van der Waals surface area contributed by atoms with Crippen molar-refractivity contribution >= 4 is 27.8 Å². The van der Waals surface area contributed by atoms with Crippen LogP contribution >= 0.6 is 0 Å². The Balaban J connectivity index is 1.50. The van der Waals surface area contributed by atoms with Crippen molar-refractivity contribution in [1.29, 1.82) is 0 Å². The first-order chi connectivity index (χ1) is 12.1. The van der Waals surface area contributed by atoms with Gasteiger partial charge in [-0.1, -0.05) is 30.3 Å². The normalized spacial score (nSPS) is 11.3. The van der Waals surface area contributed by atoms with Crippen LogP contribution in [0.5, 0.6) is 0 Å². The van der Waals surface area contributed by atoms with E-state index in [1.165, 1.54) is 0 Å². The molecule has 4 aromatic rings. The Morgan fingerprint density at radius 2 is 1.80 bits per heavy atom. The van der Waals surface area contributed by atoms with Crippen LogP contribution in [0.2, 0.25) is 0 Å². The van der Waals surface area contributed by atoms with Gasteiger partial charge in [0.2, 0.25) is 5.91 Å². The molecule has 0 bridgehead atoms. The van der Waals surface area contributed by atoms with Crippen LogP contribution in [0.4, 0.5) is 0 Å². The third-order valence-corrected chi connectivity index (χ3v) is 4.64. The molecule has 2 heterocycles. The minimum Gasteiger partial charge on any atom is -0.347 e. The van der Waals surface area contributed by atoms with Crippen LogP contribution in [0, 0.1) is 6.92 Å². The molecule has 0 fully saturated rings. The fourth-order valence-corrected chi connectivity index (χ4v) is 3.29.